The highest BCUT2D eigenvalue weighted by atomic mass is 35.5. The molecule has 2 aromatic carbocycles. The molecule has 0 aliphatic rings. The van der Waals surface area contributed by atoms with E-state index in [4.69, 9.17) is 28.9 Å². The van der Waals surface area contributed by atoms with Crippen LogP contribution in [0.25, 0.3) is 0 Å². The molecule has 0 spiro atoms. The molecule has 0 bridgehead atoms. The summed E-state index contributed by atoms with van der Waals surface area (Å²) in [5.74, 6) is 0.348. The second-order valence-electron chi connectivity index (χ2n) is 4.04. The molecule has 0 radical (unpaired) electrons. The Balaban J connectivity index is 2.14. The van der Waals surface area contributed by atoms with Crippen LogP contribution in [-0.4, -0.2) is 0 Å². The average Bonchev–Trinajstić information content (AvgIpc) is 2.39. The van der Waals surface area contributed by atoms with Crippen molar-refractivity contribution >= 4 is 35.0 Å². The molecule has 5 heteroatoms. The minimum atomic E-state index is -0.268. The topological polar surface area (TPSA) is 26.0 Å². The molecule has 100 valence electrons. The van der Waals surface area contributed by atoms with Crippen LogP contribution in [0.3, 0.4) is 0 Å². The second-order valence-corrected chi connectivity index (χ2v) is 5.90. The van der Waals surface area contributed by atoms with E-state index in [9.17, 15) is 4.39 Å². The zero-order valence-electron chi connectivity index (χ0n) is 10.00. The molecular weight excluding hydrogens is 304 g/mol. The van der Waals surface area contributed by atoms with Crippen molar-refractivity contribution in [3.05, 3.63) is 63.4 Å². The maximum atomic E-state index is 13.4. The van der Waals surface area contributed by atoms with Crippen molar-refractivity contribution in [3.63, 3.8) is 0 Å². The van der Waals surface area contributed by atoms with E-state index in [0.29, 0.717) is 22.3 Å². The number of nitrogens with two attached hydrogens (primary N) is 1. The van der Waals surface area contributed by atoms with Gasteiger partial charge in [0.25, 0.3) is 0 Å². The fourth-order valence-electron chi connectivity index (χ4n) is 1.67. The fourth-order valence-corrected chi connectivity index (χ4v) is 3.09. The molecule has 0 aliphatic heterocycles. The van der Waals surface area contributed by atoms with Gasteiger partial charge in [-0.1, -0.05) is 29.3 Å². The maximum absolute atomic E-state index is 13.4. The SMILES string of the molecule is NCc1cc(F)cc(CSc2cc(Cl)ccc2Cl)c1. The summed E-state index contributed by atoms with van der Waals surface area (Å²) >= 11 is 13.5. The minimum absolute atomic E-state index is 0.268. The van der Waals surface area contributed by atoms with Gasteiger partial charge in [0.2, 0.25) is 0 Å². The van der Waals surface area contributed by atoms with Crippen molar-refractivity contribution in [1.29, 1.82) is 0 Å². The van der Waals surface area contributed by atoms with Gasteiger partial charge < -0.3 is 5.73 Å². The van der Waals surface area contributed by atoms with Crippen LogP contribution in [0.2, 0.25) is 10.0 Å². The fraction of sp³-hybridized carbons (Fsp3) is 0.143. The Morgan fingerprint density at radius 3 is 2.53 bits per heavy atom. The van der Waals surface area contributed by atoms with Crippen molar-refractivity contribution in [1.82, 2.24) is 0 Å². The van der Waals surface area contributed by atoms with Gasteiger partial charge in [0.05, 0.1) is 5.02 Å². The molecule has 0 heterocycles. The van der Waals surface area contributed by atoms with Crippen LogP contribution in [0.4, 0.5) is 4.39 Å². The van der Waals surface area contributed by atoms with E-state index in [2.05, 4.69) is 0 Å². The lowest BCUT2D eigenvalue weighted by atomic mass is 10.1. The molecule has 2 aromatic rings. The zero-order valence-corrected chi connectivity index (χ0v) is 12.3. The number of thioether (sulfide) groups is 1. The summed E-state index contributed by atoms with van der Waals surface area (Å²) in [7, 11) is 0. The first kappa shape index (κ1) is 14.7. The molecule has 0 saturated heterocycles. The molecule has 2 N–H and O–H groups in total. The Morgan fingerprint density at radius 1 is 1.05 bits per heavy atom. The molecule has 0 aromatic heterocycles. The summed E-state index contributed by atoms with van der Waals surface area (Å²) in [5, 5.41) is 1.28. The van der Waals surface area contributed by atoms with Crippen LogP contribution < -0.4 is 5.73 Å². The third-order valence-electron chi connectivity index (χ3n) is 2.54. The lowest BCUT2D eigenvalue weighted by molar-refractivity contribution is 0.624. The number of hydrogen-bond acceptors (Lipinski definition) is 2. The molecule has 0 atom stereocenters. The Bertz CT molecular complexity index is 590. The van der Waals surface area contributed by atoms with Crippen molar-refractivity contribution < 1.29 is 4.39 Å². The number of benzene rings is 2. The number of hydrogen-bond donors (Lipinski definition) is 1. The van der Waals surface area contributed by atoms with Gasteiger partial charge in [-0.15, -0.1) is 11.8 Å². The molecule has 19 heavy (non-hydrogen) atoms. The highest BCUT2D eigenvalue weighted by Crippen LogP contribution is 2.32. The van der Waals surface area contributed by atoms with Crippen LogP contribution in [0.15, 0.2) is 41.3 Å². The predicted molar refractivity (Wildman–Crippen MR) is 80.3 cm³/mol. The Labute approximate surface area is 125 Å². The molecule has 0 fully saturated rings. The normalized spacial score (nSPS) is 10.7. The van der Waals surface area contributed by atoms with Crippen LogP contribution in [0.1, 0.15) is 11.1 Å². The standard InChI is InChI=1S/C14H12Cl2FNS/c15-11-1-2-13(16)14(6-11)19-8-10-3-9(7-18)4-12(17)5-10/h1-6H,7-8,18H2. The highest BCUT2D eigenvalue weighted by molar-refractivity contribution is 7.98. The monoisotopic (exact) mass is 315 g/mol. The van der Waals surface area contributed by atoms with Gasteiger partial charge in [-0.25, -0.2) is 4.39 Å². The zero-order chi connectivity index (χ0) is 13.8. The van der Waals surface area contributed by atoms with E-state index >= 15 is 0 Å². The van der Waals surface area contributed by atoms with Crippen LogP contribution in [0.5, 0.6) is 0 Å². The van der Waals surface area contributed by atoms with Crippen molar-refractivity contribution in [2.75, 3.05) is 0 Å². The molecule has 2 rings (SSSR count). The van der Waals surface area contributed by atoms with Crippen LogP contribution >= 0.6 is 35.0 Å². The largest absolute Gasteiger partial charge is 0.326 e. The summed E-state index contributed by atoms with van der Waals surface area (Å²) in [5.41, 5.74) is 7.19. The van der Waals surface area contributed by atoms with Crippen molar-refractivity contribution in [2.45, 2.75) is 17.2 Å². The van der Waals surface area contributed by atoms with E-state index in [1.807, 2.05) is 6.07 Å². The molecular formula is C14H12Cl2FNS. The molecule has 0 unspecified atom stereocenters. The van der Waals surface area contributed by atoms with Crippen molar-refractivity contribution in [3.8, 4) is 0 Å². The smallest absolute Gasteiger partial charge is 0.123 e. The first-order valence-electron chi connectivity index (χ1n) is 5.65. The molecule has 1 nitrogen and oxygen atoms in total. The quantitative estimate of drug-likeness (QED) is 0.813. The lowest BCUT2D eigenvalue weighted by Gasteiger charge is -2.07. The van der Waals surface area contributed by atoms with Gasteiger partial charge in [0, 0.05) is 22.2 Å². The number of halogens is 3. The predicted octanol–water partition coefficient (Wildman–Crippen LogP) is 4.88. The van der Waals surface area contributed by atoms with E-state index < -0.39 is 0 Å². The van der Waals surface area contributed by atoms with E-state index in [1.165, 1.54) is 23.9 Å². The summed E-state index contributed by atoms with van der Waals surface area (Å²) in [6, 6.07) is 10.1. The van der Waals surface area contributed by atoms with Gasteiger partial charge in [0.1, 0.15) is 5.82 Å². The first-order valence-corrected chi connectivity index (χ1v) is 7.39. The maximum Gasteiger partial charge on any atom is 0.123 e. The minimum Gasteiger partial charge on any atom is -0.326 e. The van der Waals surface area contributed by atoms with Gasteiger partial charge >= 0.3 is 0 Å². The van der Waals surface area contributed by atoms with Crippen LogP contribution in [0, 0.1) is 5.82 Å². The molecule has 0 amide bonds. The summed E-state index contributed by atoms with van der Waals surface area (Å²) < 4.78 is 13.4. The van der Waals surface area contributed by atoms with Gasteiger partial charge in [-0.2, -0.15) is 0 Å². The van der Waals surface area contributed by atoms with Gasteiger partial charge in [0.15, 0.2) is 0 Å². The first-order chi connectivity index (χ1) is 9.08. The van der Waals surface area contributed by atoms with Gasteiger partial charge in [-0.05, 0) is 41.5 Å². The van der Waals surface area contributed by atoms with E-state index in [1.54, 1.807) is 18.2 Å². The Hall–Kier alpha value is -0.740. The van der Waals surface area contributed by atoms with Crippen LogP contribution in [-0.2, 0) is 12.3 Å². The Morgan fingerprint density at radius 2 is 1.79 bits per heavy atom. The Kier molecular flexibility index (Phi) is 5.11. The molecule has 0 aliphatic carbocycles. The van der Waals surface area contributed by atoms with E-state index in [0.717, 1.165) is 16.0 Å². The van der Waals surface area contributed by atoms with Crippen molar-refractivity contribution in [2.24, 2.45) is 5.73 Å². The third-order valence-corrected chi connectivity index (χ3v) is 4.34. The van der Waals surface area contributed by atoms with Gasteiger partial charge in [-0.3, -0.25) is 0 Å². The summed E-state index contributed by atoms with van der Waals surface area (Å²) in [6.45, 7) is 0.327. The third kappa shape index (κ3) is 4.11. The average molecular weight is 316 g/mol. The second kappa shape index (κ2) is 6.62. The summed E-state index contributed by atoms with van der Waals surface area (Å²) in [4.78, 5) is 0.882. The number of rotatable bonds is 4. The summed E-state index contributed by atoms with van der Waals surface area (Å²) in [6.07, 6.45) is 0. The highest BCUT2D eigenvalue weighted by Gasteiger charge is 2.05. The van der Waals surface area contributed by atoms with E-state index in [-0.39, 0.29) is 5.82 Å². The molecule has 0 saturated carbocycles. The lowest BCUT2D eigenvalue weighted by Crippen LogP contribution is -1.98.